The van der Waals surface area contributed by atoms with Crippen molar-refractivity contribution in [3.05, 3.63) is 44.3 Å². The Hall–Kier alpha value is -1.51. The standard InChI is InChI=1S/C15H14N2OS2/c1-19-15-9(8-16)13(12-6-3-7-20-12)14-10(17-15)4-2-5-11(14)18/h3,6-7,13,17H,2,4-5H2,1H3. The number of dihydropyridines is 1. The van der Waals surface area contributed by atoms with Crippen LogP contribution < -0.4 is 5.32 Å². The third-order valence-electron chi connectivity index (χ3n) is 3.69. The zero-order valence-electron chi connectivity index (χ0n) is 11.1. The van der Waals surface area contributed by atoms with E-state index in [0.717, 1.165) is 34.0 Å². The second-order valence-electron chi connectivity index (χ2n) is 4.80. The molecule has 2 heterocycles. The molecule has 0 spiro atoms. The second-order valence-corrected chi connectivity index (χ2v) is 6.60. The summed E-state index contributed by atoms with van der Waals surface area (Å²) in [7, 11) is 0. The van der Waals surface area contributed by atoms with Gasteiger partial charge in [-0.25, -0.2) is 0 Å². The molecular weight excluding hydrogens is 288 g/mol. The van der Waals surface area contributed by atoms with Crippen molar-refractivity contribution in [2.24, 2.45) is 0 Å². The lowest BCUT2D eigenvalue weighted by molar-refractivity contribution is -0.116. The maximum absolute atomic E-state index is 12.4. The van der Waals surface area contributed by atoms with Gasteiger partial charge in [0.15, 0.2) is 5.78 Å². The van der Waals surface area contributed by atoms with Gasteiger partial charge in [0, 0.05) is 22.6 Å². The zero-order chi connectivity index (χ0) is 14.1. The monoisotopic (exact) mass is 302 g/mol. The van der Waals surface area contributed by atoms with Crippen LogP contribution in [0.15, 0.2) is 39.4 Å². The van der Waals surface area contributed by atoms with Crippen LogP contribution in [-0.4, -0.2) is 12.0 Å². The Morgan fingerprint density at radius 3 is 3.00 bits per heavy atom. The van der Waals surface area contributed by atoms with E-state index in [1.54, 1.807) is 23.1 Å². The highest BCUT2D eigenvalue weighted by atomic mass is 32.2. The van der Waals surface area contributed by atoms with E-state index in [1.807, 2.05) is 23.8 Å². The quantitative estimate of drug-likeness (QED) is 0.908. The highest BCUT2D eigenvalue weighted by molar-refractivity contribution is 8.02. The molecule has 1 atom stereocenters. The van der Waals surface area contributed by atoms with Crippen LogP contribution in [0, 0.1) is 11.3 Å². The van der Waals surface area contributed by atoms with Crippen LogP contribution in [0.1, 0.15) is 30.1 Å². The van der Waals surface area contributed by atoms with Crippen LogP contribution >= 0.6 is 23.1 Å². The number of Topliss-reactive ketones (excluding diaryl/α,β-unsaturated/α-hetero) is 1. The number of hydrogen-bond donors (Lipinski definition) is 1. The molecule has 0 radical (unpaired) electrons. The lowest BCUT2D eigenvalue weighted by atomic mass is 9.79. The summed E-state index contributed by atoms with van der Waals surface area (Å²) in [5.74, 6) is 0.0107. The molecule has 102 valence electrons. The predicted molar refractivity (Wildman–Crippen MR) is 82.2 cm³/mol. The van der Waals surface area contributed by atoms with Crippen LogP contribution in [0.25, 0.3) is 0 Å². The van der Waals surface area contributed by atoms with Gasteiger partial charge in [0.2, 0.25) is 0 Å². The Bertz CT molecular complexity index is 650. The Balaban J connectivity index is 2.18. The number of carbonyl (C=O) groups is 1. The first-order valence-corrected chi connectivity index (χ1v) is 8.61. The maximum Gasteiger partial charge on any atom is 0.161 e. The predicted octanol–water partition coefficient (Wildman–Crippen LogP) is 3.54. The summed E-state index contributed by atoms with van der Waals surface area (Å²) in [5.41, 5.74) is 2.50. The fraction of sp³-hybridized carbons (Fsp3) is 0.333. The minimum Gasteiger partial charge on any atom is -0.352 e. The average molecular weight is 302 g/mol. The van der Waals surface area contributed by atoms with E-state index >= 15 is 0 Å². The van der Waals surface area contributed by atoms with Crippen molar-refractivity contribution < 1.29 is 4.79 Å². The highest BCUT2D eigenvalue weighted by Gasteiger charge is 2.37. The Kier molecular flexibility index (Phi) is 3.68. The molecule has 1 aromatic heterocycles. The van der Waals surface area contributed by atoms with E-state index in [4.69, 9.17) is 0 Å². The average Bonchev–Trinajstić information content (AvgIpc) is 2.99. The number of nitriles is 1. The number of nitrogens with one attached hydrogen (secondary N) is 1. The summed E-state index contributed by atoms with van der Waals surface area (Å²) in [4.78, 5) is 13.4. The number of rotatable bonds is 2. The highest BCUT2D eigenvalue weighted by Crippen LogP contribution is 2.44. The summed E-state index contributed by atoms with van der Waals surface area (Å²) in [6.07, 6.45) is 4.34. The maximum atomic E-state index is 12.4. The van der Waals surface area contributed by atoms with Gasteiger partial charge < -0.3 is 5.32 Å². The molecule has 1 unspecified atom stereocenters. The Morgan fingerprint density at radius 2 is 2.35 bits per heavy atom. The second kappa shape index (κ2) is 5.47. The molecule has 3 nitrogen and oxygen atoms in total. The van der Waals surface area contributed by atoms with E-state index in [-0.39, 0.29) is 11.7 Å². The van der Waals surface area contributed by atoms with Crippen LogP contribution in [0.5, 0.6) is 0 Å². The fourth-order valence-corrected chi connectivity index (χ4v) is 4.28. The molecule has 0 amide bonds. The molecule has 20 heavy (non-hydrogen) atoms. The molecular formula is C15H14N2OS2. The molecule has 1 aliphatic heterocycles. The first-order chi connectivity index (χ1) is 9.76. The van der Waals surface area contributed by atoms with Gasteiger partial charge >= 0.3 is 0 Å². The van der Waals surface area contributed by atoms with Crippen LogP contribution in [-0.2, 0) is 4.79 Å². The van der Waals surface area contributed by atoms with Crippen molar-refractivity contribution >= 4 is 28.9 Å². The zero-order valence-corrected chi connectivity index (χ0v) is 12.7. The molecule has 2 aliphatic rings. The molecule has 0 fully saturated rings. The first kappa shape index (κ1) is 13.5. The summed E-state index contributed by atoms with van der Waals surface area (Å²) >= 11 is 3.15. The van der Waals surface area contributed by atoms with Gasteiger partial charge in [-0.3, -0.25) is 4.79 Å². The Morgan fingerprint density at radius 1 is 1.50 bits per heavy atom. The minimum atomic E-state index is -0.175. The van der Waals surface area contributed by atoms with E-state index in [2.05, 4.69) is 11.4 Å². The number of thioether (sulfide) groups is 1. The normalized spacial score (nSPS) is 22.4. The number of thiophene rings is 1. The minimum absolute atomic E-state index is 0.175. The van der Waals surface area contributed by atoms with Crippen LogP contribution in [0.2, 0.25) is 0 Å². The molecule has 0 saturated carbocycles. The molecule has 1 N–H and O–H groups in total. The topological polar surface area (TPSA) is 52.9 Å². The number of nitrogens with zero attached hydrogens (tertiary/aromatic N) is 1. The van der Waals surface area contributed by atoms with Gasteiger partial charge in [0.25, 0.3) is 0 Å². The van der Waals surface area contributed by atoms with E-state index in [0.29, 0.717) is 12.0 Å². The summed E-state index contributed by atoms with van der Waals surface area (Å²) < 4.78 is 0. The molecule has 0 aromatic carbocycles. The van der Waals surface area contributed by atoms with Gasteiger partial charge in [0.1, 0.15) is 0 Å². The van der Waals surface area contributed by atoms with Crippen molar-refractivity contribution in [1.82, 2.24) is 5.32 Å². The number of allylic oxidation sites excluding steroid dienone is 3. The fourth-order valence-electron chi connectivity index (χ4n) is 2.82. The summed E-state index contributed by atoms with van der Waals surface area (Å²) in [6.45, 7) is 0. The third kappa shape index (κ3) is 2.09. The van der Waals surface area contributed by atoms with Gasteiger partial charge in [-0.15, -0.1) is 23.1 Å². The SMILES string of the molecule is CSC1=C(C#N)C(c2cccs2)C2=C(CCCC2=O)N1. The number of hydrogen-bond acceptors (Lipinski definition) is 5. The number of carbonyl (C=O) groups excluding carboxylic acids is 1. The summed E-state index contributed by atoms with van der Waals surface area (Å²) in [5, 5.41) is 15.7. The van der Waals surface area contributed by atoms with Crippen molar-refractivity contribution in [2.75, 3.05) is 6.26 Å². The van der Waals surface area contributed by atoms with E-state index in [9.17, 15) is 10.1 Å². The molecule has 3 rings (SSSR count). The van der Waals surface area contributed by atoms with Crippen molar-refractivity contribution in [2.45, 2.75) is 25.2 Å². The van der Waals surface area contributed by atoms with Crippen molar-refractivity contribution in [1.29, 1.82) is 5.26 Å². The van der Waals surface area contributed by atoms with Crippen molar-refractivity contribution in [3.8, 4) is 6.07 Å². The lowest BCUT2D eigenvalue weighted by Gasteiger charge is -2.32. The molecule has 1 aromatic rings. The number of ketones is 1. The first-order valence-electron chi connectivity index (χ1n) is 6.51. The summed E-state index contributed by atoms with van der Waals surface area (Å²) in [6, 6.07) is 6.31. The molecule has 0 saturated heterocycles. The molecule has 0 bridgehead atoms. The van der Waals surface area contributed by atoms with Gasteiger partial charge in [-0.1, -0.05) is 6.07 Å². The van der Waals surface area contributed by atoms with Gasteiger partial charge in [-0.2, -0.15) is 5.26 Å². The third-order valence-corrected chi connectivity index (χ3v) is 5.36. The van der Waals surface area contributed by atoms with Crippen molar-refractivity contribution in [3.63, 3.8) is 0 Å². The van der Waals surface area contributed by atoms with Gasteiger partial charge in [0.05, 0.1) is 22.6 Å². The van der Waals surface area contributed by atoms with Gasteiger partial charge in [-0.05, 0) is 30.5 Å². The largest absolute Gasteiger partial charge is 0.352 e. The Labute approximate surface area is 126 Å². The van der Waals surface area contributed by atoms with E-state index in [1.165, 1.54) is 0 Å². The lowest BCUT2D eigenvalue weighted by Crippen LogP contribution is -2.30. The van der Waals surface area contributed by atoms with Crippen LogP contribution in [0.4, 0.5) is 0 Å². The molecule has 5 heteroatoms. The van der Waals surface area contributed by atoms with E-state index < -0.39 is 0 Å². The smallest absolute Gasteiger partial charge is 0.161 e. The van der Waals surface area contributed by atoms with Crippen LogP contribution in [0.3, 0.4) is 0 Å². The molecule has 1 aliphatic carbocycles.